The first kappa shape index (κ1) is 12.4. The molecule has 5 nitrogen and oxygen atoms in total. The molecule has 0 spiro atoms. The van der Waals surface area contributed by atoms with Gasteiger partial charge in [-0.05, 0) is 45.2 Å². The van der Waals surface area contributed by atoms with Gasteiger partial charge in [-0.2, -0.15) is 4.98 Å². The predicted molar refractivity (Wildman–Crippen MR) is 67.0 cm³/mol. The van der Waals surface area contributed by atoms with Crippen molar-refractivity contribution in [2.75, 3.05) is 18.0 Å². The van der Waals surface area contributed by atoms with E-state index in [2.05, 4.69) is 41.1 Å². The Morgan fingerprint density at radius 1 is 1.24 bits per heavy atom. The first-order valence-corrected chi connectivity index (χ1v) is 6.37. The summed E-state index contributed by atoms with van der Waals surface area (Å²) in [6.07, 6.45) is 3.76. The number of hydrogen-bond acceptors (Lipinski definition) is 5. The lowest BCUT2D eigenvalue weighted by Gasteiger charge is -2.24. The summed E-state index contributed by atoms with van der Waals surface area (Å²) < 4.78 is 5.25. The summed E-state index contributed by atoms with van der Waals surface area (Å²) in [5.74, 6) is 1.41. The molecule has 0 radical (unpaired) electrons. The van der Waals surface area contributed by atoms with Crippen LogP contribution in [0, 0.1) is 0 Å². The number of nitrogens with one attached hydrogen (secondary N) is 1. The molecule has 1 saturated heterocycles. The van der Waals surface area contributed by atoms with Gasteiger partial charge in [0.15, 0.2) is 0 Å². The van der Waals surface area contributed by atoms with Crippen molar-refractivity contribution in [2.24, 2.45) is 0 Å². The Morgan fingerprint density at radius 2 is 1.94 bits per heavy atom. The van der Waals surface area contributed by atoms with Crippen molar-refractivity contribution in [3.05, 3.63) is 5.89 Å². The summed E-state index contributed by atoms with van der Waals surface area (Å²) in [5.41, 5.74) is 0.0692. The van der Waals surface area contributed by atoms with Gasteiger partial charge in [-0.1, -0.05) is 0 Å². The van der Waals surface area contributed by atoms with Gasteiger partial charge in [-0.3, -0.25) is 0 Å². The lowest BCUT2D eigenvalue weighted by atomic mass is 10.1. The van der Waals surface area contributed by atoms with Crippen molar-refractivity contribution in [1.29, 1.82) is 0 Å². The van der Waals surface area contributed by atoms with Gasteiger partial charge in [0.2, 0.25) is 5.89 Å². The molecular formula is C12H22N4O. The maximum absolute atomic E-state index is 5.25. The van der Waals surface area contributed by atoms with Gasteiger partial charge >= 0.3 is 0 Å². The molecule has 5 heteroatoms. The SMILES string of the molecule is CC(C)(C)NCc1nc(N2CCCCC2)no1. The molecule has 96 valence electrons. The van der Waals surface area contributed by atoms with Crippen molar-refractivity contribution in [2.45, 2.75) is 52.1 Å². The topological polar surface area (TPSA) is 54.2 Å². The third kappa shape index (κ3) is 3.70. The van der Waals surface area contributed by atoms with Crippen LogP contribution in [0.2, 0.25) is 0 Å². The van der Waals surface area contributed by atoms with E-state index in [-0.39, 0.29) is 5.54 Å². The number of anilines is 1. The summed E-state index contributed by atoms with van der Waals surface area (Å²) in [4.78, 5) is 6.62. The summed E-state index contributed by atoms with van der Waals surface area (Å²) >= 11 is 0. The highest BCUT2D eigenvalue weighted by Gasteiger charge is 2.17. The highest BCUT2D eigenvalue weighted by Crippen LogP contribution is 2.16. The largest absolute Gasteiger partial charge is 0.338 e. The summed E-state index contributed by atoms with van der Waals surface area (Å²) in [6, 6.07) is 0. The standard InChI is InChI=1S/C12H22N4O/c1-12(2,3)13-9-10-14-11(15-17-10)16-7-5-4-6-8-16/h13H,4-9H2,1-3H3. The second kappa shape index (κ2) is 5.04. The Bertz CT molecular complexity index is 350. The normalized spacial score (nSPS) is 17.5. The van der Waals surface area contributed by atoms with Crippen LogP contribution in [0.25, 0.3) is 0 Å². The van der Waals surface area contributed by atoms with Gasteiger partial charge in [-0.15, -0.1) is 0 Å². The van der Waals surface area contributed by atoms with Gasteiger partial charge in [0.05, 0.1) is 6.54 Å². The third-order valence-electron chi connectivity index (χ3n) is 2.87. The van der Waals surface area contributed by atoms with Crippen molar-refractivity contribution >= 4 is 5.95 Å². The Hall–Kier alpha value is -1.10. The molecule has 1 aliphatic heterocycles. The Kier molecular flexibility index (Phi) is 3.66. The summed E-state index contributed by atoms with van der Waals surface area (Å²) in [6.45, 7) is 9.08. The van der Waals surface area contributed by atoms with E-state index in [4.69, 9.17) is 4.52 Å². The van der Waals surface area contributed by atoms with E-state index in [9.17, 15) is 0 Å². The van der Waals surface area contributed by atoms with Crippen LogP contribution in [-0.2, 0) is 6.54 Å². The second-order valence-electron chi connectivity index (χ2n) is 5.64. The predicted octanol–water partition coefficient (Wildman–Crippen LogP) is 1.95. The maximum atomic E-state index is 5.25. The lowest BCUT2D eigenvalue weighted by Crippen LogP contribution is -2.35. The molecule has 0 aliphatic carbocycles. The molecule has 2 heterocycles. The van der Waals surface area contributed by atoms with Gasteiger partial charge in [0.25, 0.3) is 5.95 Å². The number of nitrogens with zero attached hydrogens (tertiary/aromatic N) is 3. The van der Waals surface area contributed by atoms with E-state index in [0.29, 0.717) is 12.4 Å². The van der Waals surface area contributed by atoms with E-state index in [1.807, 2.05) is 0 Å². The third-order valence-corrected chi connectivity index (χ3v) is 2.87. The van der Waals surface area contributed by atoms with E-state index < -0.39 is 0 Å². The van der Waals surface area contributed by atoms with E-state index in [1.54, 1.807) is 0 Å². The maximum Gasteiger partial charge on any atom is 0.266 e. The van der Waals surface area contributed by atoms with Crippen LogP contribution >= 0.6 is 0 Å². The van der Waals surface area contributed by atoms with E-state index in [1.165, 1.54) is 19.3 Å². The molecule has 1 aliphatic rings. The monoisotopic (exact) mass is 238 g/mol. The molecule has 1 fully saturated rings. The molecular weight excluding hydrogens is 216 g/mol. The molecule has 0 aromatic carbocycles. The second-order valence-corrected chi connectivity index (χ2v) is 5.64. The average molecular weight is 238 g/mol. The van der Waals surface area contributed by atoms with Crippen LogP contribution in [0.4, 0.5) is 5.95 Å². The lowest BCUT2D eigenvalue weighted by molar-refractivity contribution is 0.335. The first-order valence-electron chi connectivity index (χ1n) is 6.37. The zero-order valence-electron chi connectivity index (χ0n) is 11.0. The molecule has 1 N–H and O–H groups in total. The number of aromatic nitrogens is 2. The minimum Gasteiger partial charge on any atom is -0.338 e. The van der Waals surface area contributed by atoms with Crippen molar-refractivity contribution in [1.82, 2.24) is 15.5 Å². The highest BCUT2D eigenvalue weighted by molar-refractivity contribution is 5.27. The van der Waals surface area contributed by atoms with Crippen LogP contribution < -0.4 is 10.2 Å². The highest BCUT2D eigenvalue weighted by atomic mass is 16.5. The average Bonchev–Trinajstić information content (AvgIpc) is 2.75. The Morgan fingerprint density at radius 3 is 2.59 bits per heavy atom. The molecule has 0 unspecified atom stereocenters. The van der Waals surface area contributed by atoms with Crippen LogP contribution in [0.5, 0.6) is 0 Å². The quantitative estimate of drug-likeness (QED) is 0.872. The summed E-state index contributed by atoms with van der Waals surface area (Å²) in [7, 11) is 0. The van der Waals surface area contributed by atoms with Crippen molar-refractivity contribution in [3.8, 4) is 0 Å². The number of rotatable bonds is 3. The van der Waals surface area contributed by atoms with Gasteiger partial charge < -0.3 is 14.7 Å². The summed E-state index contributed by atoms with van der Waals surface area (Å²) in [5, 5.41) is 7.38. The molecule has 0 saturated carbocycles. The van der Waals surface area contributed by atoms with Crippen molar-refractivity contribution in [3.63, 3.8) is 0 Å². The molecule has 0 bridgehead atoms. The van der Waals surface area contributed by atoms with Crippen LogP contribution in [0.15, 0.2) is 4.52 Å². The number of piperidine rings is 1. The van der Waals surface area contributed by atoms with E-state index >= 15 is 0 Å². The molecule has 0 amide bonds. The van der Waals surface area contributed by atoms with Crippen LogP contribution in [0.1, 0.15) is 45.9 Å². The minimum absolute atomic E-state index is 0.0692. The smallest absolute Gasteiger partial charge is 0.266 e. The van der Waals surface area contributed by atoms with Crippen molar-refractivity contribution < 1.29 is 4.52 Å². The minimum atomic E-state index is 0.0692. The first-order chi connectivity index (χ1) is 8.04. The number of hydrogen-bond donors (Lipinski definition) is 1. The molecule has 1 aromatic rings. The zero-order valence-corrected chi connectivity index (χ0v) is 11.0. The molecule has 0 atom stereocenters. The van der Waals surface area contributed by atoms with Crippen LogP contribution in [0.3, 0.4) is 0 Å². The zero-order chi connectivity index (χ0) is 12.3. The Labute approximate surface area is 103 Å². The fraction of sp³-hybridized carbons (Fsp3) is 0.833. The molecule has 2 rings (SSSR count). The van der Waals surface area contributed by atoms with Gasteiger partial charge in [-0.25, -0.2) is 0 Å². The Balaban J connectivity index is 1.91. The molecule has 17 heavy (non-hydrogen) atoms. The van der Waals surface area contributed by atoms with Crippen LogP contribution in [-0.4, -0.2) is 28.8 Å². The van der Waals surface area contributed by atoms with Gasteiger partial charge in [0.1, 0.15) is 0 Å². The fourth-order valence-electron chi connectivity index (χ4n) is 1.88. The van der Waals surface area contributed by atoms with E-state index in [0.717, 1.165) is 19.0 Å². The van der Waals surface area contributed by atoms with Gasteiger partial charge in [0, 0.05) is 18.6 Å². The fourth-order valence-corrected chi connectivity index (χ4v) is 1.88. The molecule has 1 aromatic heterocycles.